The van der Waals surface area contributed by atoms with Crippen LogP contribution in [0.15, 0.2) is 0 Å². The molecule has 2 saturated carbocycles. The second-order valence-electron chi connectivity index (χ2n) is 7.64. The van der Waals surface area contributed by atoms with Gasteiger partial charge in [-0.15, -0.1) is 11.3 Å². The summed E-state index contributed by atoms with van der Waals surface area (Å²) in [6.07, 6.45) is 12.0. The van der Waals surface area contributed by atoms with Crippen molar-refractivity contribution in [2.75, 3.05) is 0 Å². The Morgan fingerprint density at radius 3 is 2.67 bits per heavy atom. The normalized spacial score (nSPS) is 36.5. The minimum absolute atomic E-state index is 0.181. The standard InChI is InChI=1S/C18H28N2S/c1-12-6-5-11-18(13(12)2,20-14-9-10-14)17-19-15-7-3-4-8-16(15)21-17/h12-14,20H,3-11H2,1-2H3. The van der Waals surface area contributed by atoms with E-state index < -0.39 is 0 Å². The number of nitrogens with one attached hydrogen (secondary N) is 1. The molecular weight excluding hydrogens is 276 g/mol. The lowest BCUT2D eigenvalue weighted by Gasteiger charge is -2.45. The molecule has 0 bridgehead atoms. The van der Waals surface area contributed by atoms with E-state index in [-0.39, 0.29) is 5.54 Å². The monoisotopic (exact) mass is 304 g/mol. The molecule has 0 radical (unpaired) electrons. The van der Waals surface area contributed by atoms with Crippen molar-refractivity contribution in [3.8, 4) is 0 Å². The van der Waals surface area contributed by atoms with E-state index in [4.69, 9.17) is 4.98 Å². The molecule has 1 heterocycles. The highest BCUT2D eigenvalue weighted by Gasteiger charge is 2.47. The quantitative estimate of drug-likeness (QED) is 0.894. The van der Waals surface area contributed by atoms with Crippen LogP contribution in [0.1, 0.15) is 74.4 Å². The summed E-state index contributed by atoms with van der Waals surface area (Å²) in [6, 6.07) is 0.763. The van der Waals surface area contributed by atoms with E-state index in [0.717, 1.165) is 12.0 Å². The predicted octanol–water partition coefficient (Wildman–Crippen LogP) is 4.43. The number of thiazole rings is 1. The maximum atomic E-state index is 5.17. The van der Waals surface area contributed by atoms with Crippen molar-refractivity contribution >= 4 is 11.3 Å². The van der Waals surface area contributed by atoms with E-state index in [2.05, 4.69) is 19.2 Å². The van der Waals surface area contributed by atoms with Gasteiger partial charge in [-0.1, -0.05) is 26.7 Å². The molecule has 3 heteroatoms. The molecule has 1 aromatic heterocycles. The van der Waals surface area contributed by atoms with Crippen LogP contribution in [-0.2, 0) is 18.4 Å². The Kier molecular flexibility index (Phi) is 3.61. The van der Waals surface area contributed by atoms with E-state index >= 15 is 0 Å². The average Bonchev–Trinajstić information content (AvgIpc) is 3.18. The number of hydrogen-bond acceptors (Lipinski definition) is 3. The summed E-state index contributed by atoms with van der Waals surface area (Å²) in [6.45, 7) is 4.92. The van der Waals surface area contributed by atoms with Crippen molar-refractivity contribution in [1.82, 2.24) is 10.3 Å². The van der Waals surface area contributed by atoms with Gasteiger partial charge in [0.15, 0.2) is 0 Å². The molecule has 116 valence electrons. The third-order valence-corrected chi connectivity index (χ3v) is 7.46. The fourth-order valence-electron chi connectivity index (χ4n) is 4.37. The zero-order chi connectivity index (χ0) is 14.4. The van der Waals surface area contributed by atoms with Gasteiger partial charge in [0, 0.05) is 10.9 Å². The van der Waals surface area contributed by atoms with Crippen LogP contribution in [-0.4, -0.2) is 11.0 Å². The SMILES string of the molecule is CC1CCCC(NC2CC2)(c2nc3c(s2)CCCC3)C1C. The summed E-state index contributed by atoms with van der Waals surface area (Å²) in [5.74, 6) is 1.52. The molecule has 3 unspecified atom stereocenters. The summed E-state index contributed by atoms with van der Waals surface area (Å²) >= 11 is 2.04. The van der Waals surface area contributed by atoms with Gasteiger partial charge in [0.25, 0.3) is 0 Å². The molecule has 0 amide bonds. The molecule has 3 aliphatic carbocycles. The summed E-state index contributed by atoms with van der Waals surface area (Å²) in [4.78, 5) is 6.76. The molecule has 21 heavy (non-hydrogen) atoms. The molecule has 3 atom stereocenters. The number of aromatic nitrogens is 1. The first-order valence-corrected chi connectivity index (χ1v) is 9.77. The summed E-state index contributed by atoms with van der Waals surface area (Å²) in [5.41, 5.74) is 1.62. The van der Waals surface area contributed by atoms with E-state index in [1.165, 1.54) is 68.5 Å². The molecular formula is C18H28N2S. The molecule has 0 aromatic carbocycles. The molecule has 4 rings (SSSR count). The molecule has 1 aromatic rings. The molecule has 0 spiro atoms. The highest BCUT2D eigenvalue weighted by atomic mass is 32.1. The zero-order valence-corrected chi connectivity index (χ0v) is 14.3. The van der Waals surface area contributed by atoms with Gasteiger partial charge in [-0.2, -0.15) is 0 Å². The smallest absolute Gasteiger partial charge is 0.114 e. The van der Waals surface area contributed by atoms with Crippen molar-refractivity contribution in [3.05, 3.63) is 15.6 Å². The van der Waals surface area contributed by atoms with Crippen LogP contribution in [0, 0.1) is 11.8 Å². The number of rotatable bonds is 3. The Balaban J connectivity index is 1.72. The second-order valence-corrected chi connectivity index (χ2v) is 8.73. The highest BCUT2D eigenvalue weighted by Crippen LogP contribution is 2.48. The van der Waals surface area contributed by atoms with Gasteiger partial charge in [0.05, 0.1) is 11.2 Å². The third-order valence-electron chi connectivity index (χ3n) is 6.13. The summed E-state index contributed by atoms with van der Waals surface area (Å²) in [7, 11) is 0. The van der Waals surface area contributed by atoms with Crippen molar-refractivity contribution < 1.29 is 0 Å². The number of fused-ring (bicyclic) bond motifs is 1. The second kappa shape index (κ2) is 5.34. The fourth-order valence-corrected chi connectivity index (χ4v) is 5.80. The van der Waals surface area contributed by atoms with Crippen molar-refractivity contribution in [2.24, 2.45) is 11.8 Å². The Morgan fingerprint density at radius 2 is 1.90 bits per heavy atom. The highest BCUT2D eigenvalue weighted by molar-refractivity contribution is 7.11. The van der Waals surface area contributed by atoms with Crippen molar-refractivity contribution in [2.45, 2.75) is 83.2 Å². The summed E-state index contributed by atoms with van der Waals surface area (Å²) in [5, 5.41) is 5.49. The molecule has 2 fully saturated rings. The predicted molar refractivity (Wildman–Crippen MR) is 88.8 cm³/mol. The van der Waals surface area contributed by atoms with Crippen LogP contribution in [0.3, 0.4) is 0 Å². The van der Waals surface area contributed by atoms with Gasteiger partial charge in [-0.25, -0.2) is 4.98 Å². The lowest BCUT2D eigenvalue weighted by molar-refractivity contribution is 0.101. The van der Waals surface area contributed by atoms with Gasteiger partial charge in [0.2, 0.25) is 0 Å². The van der Waals surface area contributed by atoms with Gasteiger partial charge in [-0.05, 0) is 56.8 Å². The number of aryl methyl sites for hydroxylation is 2. The van der Waals surface area contributed by atoms with E-state index in [1.807, 2.05) is 11.3 Å². The maximum absolute atomic E-state index is 5.17. The summed E-state index contributed by atoms with van der Waals surface area (Å²) < 4.78 is 0. The largest absolute Gasteiger partial charge is 0.302 e. The molecule has 2 nitrogen and oxygen atoms in total. The van der Waals surface area contributed by atoms with Crippen molar-refractivity contribution in [1.29, 1.82) is 0 Å². The lowest BCUT2D eigenvalue weighted by Crippen LogP contribution is -2.52. The fraction of sp³-hybridized carbons (Fsp3) is 0.833. The van der Waals surface area contributed by atoms with Crippen LogP contribution >= 0.6 is 11.3 Å². The maximum Gasteiger partial charge on any atom is 0.114 e. The first-order valence-electron chi connectivity index (χ1n) is 8.96. The van der Waals surface area contributed by atoms with Crippen LogP contribution in [0.5, 0.6) is 0 Å². The molecule has 1 N–H and O–H groups in total. The third kappa shape index (κ3) is 2.46. The molecule has 0 saturated heterocycles. The first kappa shape index (κ1) is 14.2. The Labute approximate surface area is 132 Å². The topological polar surface area (TPSA) is 24.9 Å². The first-order chi connectivity index (χ1) is 10.2. The van der Waals surface area contributed by atoms with Crippen LogP contribution < -0.4 is 5.32 Å². The van der Waals surface area contributed by atoms with Gasteiger partial charge in [-0.3, -0.25) is 0 Å². The van der Waals surface area contributed by atoms with E-state index in [9.17, 15) is 0 Å². The Hall–Kier alpha value is -0.410. The average molecular weight is 305 g/mol. The van der Waals surface area contributed by atoms with Crippen molar-refractivity contribution in [3.63, 3.8) is 0 Å². The lowest BCUT2D eigenvalue weighted by atomic mass is 9.68. The zero-order valence-electron chi connectivity index (χ0n) is 13.5. The van der Waals surface area contributed by atoms with Crippen LogP contribution in [0.4, 0.5) is 0 Å². The molecule has 0 aliphatic heterocycles. The van der Waals surface area contributed by atoms with Crippen LogP contribution in [0.25, 0.3) is 0 Å². The Bertz CT molecular complexity index is 496. The minimum atomic E-state index is 0.181. The number of nitrogens with zero attached hydrogens (tertiary/aromatic N) is 1. The van der Waals surface area contributed by atoms with E-state index in [1.54, 1.807) is 4.88 Å². The van der Waals surface area contributed by atoms with Gasteiger partial charge < -0.3 is 5.32 Å². The van der Waals surface area contributed by atoms with E-state index in [0.29, 0.717) is 5.92 Å². The minimum Gasteiger partial charge on any atom is -0.302 e. The van der Waals surface area contributed by atoms with Gasteiger partial charge in [0.1, 0.15) is 5.01 Å². The Morgan fingerprint density at radius 1 is 1.10 bits per heavy atom. The van der Waals surface area contributed by atoms with Crippen LogP contribution in [0.2, 0.25) is 0 Å². The number of hydrogen-bond donors (Lipinski definition) is 1. The van der Waals surface area contributed by atoms with Gasteiger partial charge >= 0.3 is 0 Å². The molecule has 3 aliphatic rings.